The molecule has 0 aliphatic carbocycles. The fourth-order valence-corrected chi connectivity index (χ4v) is 2.20. The van der Waals surface area contributed by atoms with E-state index in [4.69, 9.17) is 4.74 Å². The second-order valence-electron chi connectivity index (χ2n) is 4.58. The van der Waals surface area contributed by atoms with E-state index in [2.05, 4.69) is 15.6 Å². The normalized spacial score (nSPS) is 18.4. The molecule has 0 saturated carbocycles. The molecule has 19 heavy (non-hydrogen) atoms. The first-order chi connectivity index (χ1) is 9.31. The molecule has 1 aromatic heterocycles. The highest BCUT2D eigenvalue weighted by molar-refractivity contribution is 5.81. The van der Waals surface area contributed by atoms with E-state index in [-0.39, 0.29) is 6.04 Å². The van der Waals surface area contributed by atoms with Gasteiger partial charge in [0.05, 0.1) is 5.52 Å². The van der Waals surface area contributed by atoms with E-state index in [1.54, 1.807) is 12.3 Å². The van der Waals surface area contributed by atoms with Gasteiger partial charge in [0, 0.05) is 24.2 Å². The monoisotopic (exact) mass is 257 g/mol. The maximum atomic E-state index is 11.7. The molecule has 0 spiro atoms. The summed E-state index contributed by atoms with van der Waals surface area (Å²) in [5.74, 6) is 0.531. The molecule has 1 aromatic carbocycles. The zero-order valence-electron chi connectivity index (χ0n) is 10.4. The third-order valence-electron chi connectivity index (χ3n) is 3.17. The van der Waals surface area contributed by atoms with E-state index in [1.165, 1.54) is 0 Å². The summed E-state index contributed by atoms with van der Waals surface area (Å²) in [5.41, 5.74) is 0.884. The van der Waals surface area contributed by atoms with Gasteiger partial charge in [-0.25, -0.2) is 4.79 Å². The van der Waals surface area contributed by atoms with Crippen LogP contribution in [0.1, 0.15) is 6.42 Å². The molecule has 1 aliphatic rings. The van der Waals surface area contributed by atoms with Crippen molar-refractivity contribution in [1.29, 1.82) is 0 Å². The number of nitrogens with zero attached hydrogens (tertiary/aromatic N) is 1. The van der Waals surface area contributed by atoms with Crippen LogP contribution in [0.3, 0.4) is 0 Å². The molecule has 1 atom stereocenters. The first-order valence-electron chi connectivity index (χ1n) is 6.35. The lowest BCUT2D eigenvalue weighted by molar-refractivity contribution is 0.197. The molecule has 0 radical (unpaired) electrons. The van der Waals surface area contributed by atoms with Crippen LogP contribution in [0.25, 0.3) is 10.9 Å². The molecule has 1 fully saturated rings. The summed E-state index contributed by atoms with van der Waals surface area (Å²) in [6, 6.07) is 9.37. The SMILES string of the molecule is O=C(NC1CCNC1)Oc1ccc2ncccc2c1. The van der Waals surface area contributed by atoms with Gasteiger partial charge in [0.25, 0.3) is 0 Å². The van der Waals surface area contributed by atoms with Crippen molar-refractivity contribution in [3.05, 3.63) is 36.5 Å². The van der Waals surface area contributed by atoms with Gasteiger partial charge in [-0.3, -0.25) is 4.98 Å². The Hall–Kier alpha value is -2.14. The van der Waals surface area contributed by atoms with Crippen molar-refractivity contribution < 1.29 is 9.53 Å². The van der Waals surface area contributed by atoms with E-state index in [0.717, 1.165) is 30.4 Å². The number of fused-ring (bicyclic) bond motifs is 1. The van der Waals surface area contributed by atoms with E-state index in [0.29, 0.717) is 5.75 Å². The van der Waals surface area contributed by atoms with Crippen molar-refractivity contribution in [2.24, 2.45) is 0 Å². The number of carbonyl (C=O) groups excluding carboxylic acids is 1. The lowest BCUT2D eigenvalue weighted by Crippen LogP contribution is -2.38. The minimum absolute atomic E-state index is 0.162. The van der Waals surface area contributed by atoms with Crippen molar-refractivity contribution >= 4 is 17.0 Å². The number of carbonyl (C=O) groups is 1. The number of benzene rings is 1. The van der Waals surface area contributed by atoms with Crippen LogP contribution < -0.4 is 15.4 Å². The van der Waals surface area contributed by atoms with Gasteiger partial charge in [-0.1, -0.05) is 6.07 Å². The number of hydrogen-bond acceptors (Lipinski definition) is 4. The predicted octanol–water partition coefficient (Wildman–Crippen LogP) is 1.69. The Balaban J connectivity index is 1.68. The molecule has 5 nitrogen and oxygen atoms in total. The number of pyridine rings is 1. The molecule has 3 rings (SSSR count). The van der Waals surface area contributed by atoms with E-state index in [9.17, 15) is 4.79 Å². The first-order valence-corrected chi connectivity index (χ1v) is 6.35. The largest absolute Gasteiger partial charge is 0.412 e. The van der Waals surface area contributed by atoms with Crippen molar-refractivity contribution in [3.8, 4) is 5.75 Å². The lowest BCUT2D eigenvalue weighted by atomic mass is 10.2. The summed E-state index contributed by atoms with van der Waals surface area (Å²) in [5, 5.41) is 6.98. The van der Waals surface area contributed by atoms with Crippen LogP contribution >= 0.6 is 0 Å². The van der Waals surface area contributed by atoms with Crippen LogP contribution in [0.15, 0.2) is 36.5 Å². The summed E-state index contributed by atoms with van der Waals surface area (Å²) in [6.07, 6.45) is 2.27. The third-order valence-corrected chi connectivity index (χ3v) is 3.17. The minimum Gasteiger partial charge on any atom is -0.410 e. The van der Waals surface area contributed by atoms with Crippen molar-refractivity contribution in [2.75, 3.05) is 13.1 Å². The summed E-state index contributed by atoms with van der Waals surface area (Å²) in [6.45, 7) is 1.74. The second-order valence-corrected chi connectivity index (χ2v) is 4.58. The van der Waals surface area contributed by atoms with E-state index >= 15 is 0 Å². The number of rotatable bonds is 2. The average molecular weight is 257 g/mol. The topological polar surface area (TPSA) is 63.2 Å². The number of amides is 1. The van der Waals surface area contributed by atoms with Crippen molar-refractivity contribution in [1.82, 2.24) is 15.6 Å². The lowest BCUT2D eigenvalue weighted by Gasteiger charge is -2.11. The Bertz CT molecular complexity index is 594. The van der Waals surface area contributed by atoms with Crippen LogP contribution in [-0.2, 0) is 0 Å². The van der Waals surface area contributed by atoms with Crippen LogP contribution in [-0.4, -0.2) is 30.2 Å². The zero-order valence-corrected chi connectivity index (χ0v) is 10.4. The van der Waals surface area contributed by atoms with Gasteiger partial charge in [-0.15, -0.1) is 0 Å². The van der Waals surface area contributed by atoms with Crippen LogP contribution in [0.2, 0.25) is 0 Å². The summed E-state index contributed by atoms with van der Waals surface area (Å²) >= 11 is 0. The highest BCUT2D eigenvalue weighted by atomic mass is 16.6. The van der Waals surface area contributed by atoms with Gasteiger partial charge in [-0.05, 0) is 37.2 Å². The second kappa shape index (κ2) is 5.24. The molecular weight excluding hydrogens is 242 g/mol. The summed E-state index contributed by atoms with van der Waals surface area (Å²) < 4.78 is 5.28. The number of nitrogens with one attached hydrogen (secondary N) is 2. The standard InChI is InChI=1S/C14H15N3O2/c18-14(17-11-5-7-15-9-11)19-12-3-4-13-10(8-12)2-1-6-16-13/h1-4,6,8,11,15H,5,7,9H2,(H,17,18). The quantitative estimate of drug-likeness (QED) is 0.859. The molecule has 2 aromatic rings. The predicted molar refractivity (Wildman–Crippen MR) is 72.2 cm³/mol. The number of aromatic nitrogens is 1. The highest BCUT2D eigenvalue weighted by Gasteiger charge is 2.17. The molecule has 0 bridgehead atoms. The van der Waals surface area contributed by atoms with E-state index in [1.807, 2.05) is 24.3 Å². The fourth-order valence-electron chi connectivity index (χ4n) is 2.20. The highest BCUT2D eigenvalue weighted by Crippen LogP contribution is 2.19. The smallest absolute Gasteiger partial charge is 0.410 e. The van der Waals surface area contributed by atoms with Gasteiger partial charge >= 0.3 is 6.09 Å². The zero-order chi connectivity index (χ0) is 13.1. The maximum Gasteiger partial charge on any atom is 0.412 e. The first kappa shape index (κ1) is 11.9. The Morgan fingerprint density at radius 2 is 2.37 bits per heavy atom. The number of ether oxygens (including phenoxy) is 1. The summed E-state index contributed by atoms with van der Waals surface area (Å²) in [7, 11) is 0. The van der Waals surface area contributed by atoms with Crippen LogP contribution in [0.4, 0.5) is 4.79 Å². The molecular formula is C14H15N3O2. The Morgan fingerprint density at radius 3 is 3.21 bits per heavy atom. The van der Waals surface area contributed by atoms with Gasteiger partial charge in [0.1, 0.15) is 5.75 Å². The van der Waals surface area contributed by atoms with Crippen LogP contribution in [0, 0.1) is 0 Å². The molecule has 2 N–H and O–H groups in total. The van der Waals surface area contributed by atoms with Crippen molar-refractivity contribution in [2.45, 2.75) is 12.5 Å². The fraction of sp³-hybridized carbons (Fsp3) is 0.286. The molecule has 2 heterocycles. The Kier molecular flexibility index (Phi) is 3.29. The van der Waals surface area contributed by atoms with E-state index < -0.39 is 6.09 Å². The maximum absolute atomic E-state index is 11.7. The molecule has 98 valence electrons. The van der Waals surface area contributed by atoms with Gasteiger partial charge in [0.2, 0.25) is 0 Å². The van der Waals surface area contributed by atoms with Gasteiger partial charge in [0.15, 0.2) is 0 Å². The Morgan fingerprint density at radius 1 is 1.42 bits per heavy atom. The molecule has 1 saturated heterocycles. The molecule has 1 amide bonds. The Labute approximate surface area is 111 Å². The molecule has 5 heteroatoms. The number of hydrogen-bond donors (Lipinski definition) is 2. The molecule has 1 aliphatic heterocycles. The molecule has 1 unspecified atom stereocenters. The van der Waals surface area contributed by atoms with Crippen molar-refractivity contribution in [3.63, 3.8) is 0 Å². The summed E-state index contributed by atoms with van der Waals surface area (Å²) in [4.78, 5) is 15.9. The van der Waals surface area contributed by atoms with Gasteiger partial charge in [-0.2, -0.15) is 0 Å². The minimum atomic E-state index is -0.406. The van der Waals surface area contributed by atoms with Gasteiger partial charge < -0.3 is 15.4 Å². The van der Waals surface area contributed by atoms with Crippen LogP contribution in [0.5, 0.6) is 5.75 Å². The third kappa shape index (κ3) is 2.82. The average Bonchev–Trinajstić information content (AvgIpc) is 2.91.